The van der Waals surface area contributed by atoms with Crippen LogP contribution in [0.25, 0.3) is 11.3 Å². The summed E-state index contributed by atoms with van der Waals surface area (Å²) in [6.45, 7) is 0.462. The monoisotopic (exact) mass is 295 g/mol. The summed E-state index contributed by atoms with van der Waals surface area (Å²) in [6.07, 6.45) is 1.69. The summed E-state index contributed by atoms with van der Waals surface area (Å²) < 4.78 is 30.5. The number of H-pyrrole nitrogens is 1. The molecule has 7 heteroatoms. The highest BCUT2D eigenvalue weighted by molar-refractivity contribution is 7.89. The van der Waals surface area contributed by atoms with Gasteiger partial charge in [-0.05, 0) is 17.2 Å². The maximum Gasteiger partial charge on any atom is 0.214 e. The van der Waals surface area contributed by atoms with E-state index in [-0.39, 0.29) is 18.9 Å². The predicted molar refractivity (Wildman–Crippen MR) is 76.5 cm³/mol. The number of nitrogens with zero attached hydrogens (tertiary/aromatic N) is 1. The Labute approximate surface area is 118 Å². The Bertz CT molecular complexity index is 621. The van der Waals surface area contributed by atoms with Crippen molar-refractivity contribution in [2.75, 3.05) is 19.5 Å². The zero-order valence-electron chi connectivity index (χ0n) is 11.2. The highest BCUT2D eigenvalue weighted by Crippen LogP contribution is 2.16. The summed E-state index contributed by atoms with van der Waals surface area (Å²) in [6, 6.07) is 9.49. The molecular formula is C13H17N3O3S. The molecule has 0 radical (unpaired) electrons. The third-order valence-electron chi connectivity index (χ3n) is 2.82. The molecule has 2 rings (SSSR count). The summed E-state index contributed by atoms with van der Waals surface area (Å²) in [7, 11) is -1.81. The van der Waals surface area contributed by atoms with Crippen LogP contribution in [0.4, 0.5) is 0 Å². The van der Waals surface area contributed by atoms with E-state index in [1.54, 1.807) is 6.20 Å². The van der Waals surface area contributed by atoms with E-state index in [4.69, 9.17) is 4.74 Å². The molecule has 108 valence electrons. The van der Waals surface area contributed by atoms with Crippen LogP contribution in [0.3, 0.4) is 0 Å². The lowest BCUT2D eigenvalue weighted by molar-refractivity contribution is 0.217. The first kappa shape index (κ1) is 14.7. The van der Waals surface area contributed by atoms with Gasteiger partial charge in [-0.25, -0.2) is 13.1 Å². The predicted octanol–water partition coefficient (Wildman–Crippen LogP) is 1.14. The van der Waals surface area contributed by atoms with Crippen molar-refractivity contribution in [3.05, 3.63) is 42.1 Å². The SMILES string of the molecule is COCCS(=O)(=O)NCc1ccc(-c2ccn[nH]2)cc1. The van der Waals surface area contributed by atoms with Crippen molar-refractivity contribution in [3.63, 3.8) is 0 Å². The van der Waals surface area contributed by atoms with Crippen molar-refractivity contribution in [1.82, 2.24) is 14.9 Å². The maximum atomic E-state index is 11.6. The van der Waals surface area contributed by atoms with Crippen molar-refractivity contribution >= 4 is 10.0 Å². The highest BCUT2D eigenvalue weighted by atomic mass is 32.2. The summed E-state index contributed by atoms with van der Waals surface area (Å²) in [5.74, 6) is -0.0320. The lowest BCUT2D eigenvalue weighted by Gasteiger charge is -2.07. The fraction of sp³-hybridized carbons (Fsp3) is 0.308. The lowest BCUT2D eigenvalue weighted by atomic mass is 10.1. The molecule has 2 N–H and O–H groups in total. The second-order valence-corrected chi connectivity index (χ2v) is 6.23. The minimum absolute atomic E-state index is 0.0320. The number of sulfonamides is 1. The van der Waals surface area contributed by atoms with Gasteiger partial charge in [0.25, 0.3) is 0 Å². The van der Waals surface area contributed by atoms with Gasteiger partial charge in [-0.15, -0.1) is 0 Å². The van der Waals surface area contributed by atoms with Crippen molar-refractivity contribution < 1.29 is 13.2 Å². The molecule has 20 heavy (non-hydrogen) atoms. The van der Waals surface area contributed by atoms with Gasteiger partial charge in [0.05, 0.1) is 18.1 Å². The highest BCUT2D eigenvalue weighted by Gasteiger charge is 2.09. The number of benzene rings is 1. The smallest absolute Gasteiger partial charge is 0.214 e. The van der Waals surface area contributed by atoms with Crippen LogP contribution in [0, 0.1) is 0 Å². The van der Waals surface area contributed by atoms with E-state index in [0.717, 1.165) is 16.8 Å². The third kappa shape index (κ3) is 4.16. The van der Waals surface area contributed by atoms with Crippen LogP contribution in [-0.2, 0) is 21.3 Å². The van der Waals surface area contributed by atoms with Gasteiger partial charge in [0.15, 0.2) is 0 Å². The molecule has 0 saturated carbocycles. The molecule has 0 atom stereocenters. The zero-order valence-corrected chi connectivity index (χ0v) is 12.0. The van der Waals surface area contributed by atoms with E-state index in [1.165, 1.54) is 7.11 Å². The lowest BCUT2D eigenvalue weighted by Crippen LogP contribution is -2.27. The minimum atomic E-state index is -3.29. The van der Waals surface area contributed by atoms with Crippen molar-refractivity contribution in [2.24, 2.45) is 0 Å². The topological polar surface area (TPSA) is 84.1 Å². The molecule has 0 aliphatic heterocycles. The second kappa shape index (κ2) is 6.65. The number of hydrogen-bond donors (Lipinski definition) is 2. The summed E-state index contributed by atoms with van der Waals surface area (Å²) in [5.41, 5.74) is 2.83. The molecule has 1 heterocycles. The molecule has 0 aliphatic rings. The molecule has 0 aliphatic carbocycles. The van der Waals surface area contributed by atoms with Crippen LogP contribution in [0.2, 0.25) is 0 Å². The van der Waals surface area contributed by atoms with E-state index in [0.29, 0.717) is 0 Å². The average Bonchev–Trinajstić information content (AvgIpc) is 2.98. The number of hydrogen-bond acceptors (Lipinski definition) is 4. The minimum Gasteiger partial charge on any atom is -0.384 e. The van der Waals surface area contributed by atoms with Gasteiger partial charge in [-0.1, -0.05) is 24.3 Å². The number of aromatic amines is 1. The molecule has 2 aromatic rings. The van der Waals surface area contributed by atoms with Gasteiger partial charge in [0.1, 0.15) is 0 Å². The Morgan fingerprint density at radius 2 is 2.00 bits per heavy atom. The standard InChI is InChI=1S/C13H17N3O3S/c1-19-8-9-20(17,18)15-10-11-2-4-12(5-3-11)13-6-7-14-16-13/h2-7,15H,8-10H2,1H3,(H,14,16). The van der Waals surface area contributed by atoms with Gasteiger partial charge in [0, 0.05) is 19.9 Å². The molecule has 0 amide bonds. The first-order chi connectivity index (χ1) is 9.61. The van der Waals surface area contributed by atoms with Crippen LogP contribution < -0.4 is 4.72 Å². The average molecular weight is 295 g/mol. The molecule has 0 spiro atoms. The van der Waals surface area contributed by atoms with Crippen LogP contribution in [0.15, 0.2) is 36.5 Å². The Morgan fingerprint density at radius 1 is 1.25 bits per heavy atom. The molecule has 1 aromatic carbocycles. The summed E-state index contributed by atoms with van der Waals surface area (Å²) >= 11 is 0. The van der Waals surface area contributed by atoms with E-state index in [2.05, 4.69) is 14.9 Å². The third-order valence-corrected chi connectivity index (χ3v) is 4.11. The Balaban J connectivity index is 1.94. The number of ether oxygens (including phenoxy) is 1. The molecule has 0 saturated heterocycles. The van der Waals surface area contributed by atoms with Gasteiger partial charge in [-0.2, -0.15) is 5.10 Å². The van der Waals surface area contributed by atoms with Gasteiger partial charge < -0.3 is 4.74 Å². The number of rotatable bonds is 7. The number of nitrogens with one attached hydrogen (secondary N) is 2. The first-order valence-corrected chi connectivity index (χ1v) is 7.81. The molecule has 0 fully saturated rings. The molecule has 0 unspecified atom stereocenters. The van der Waals surface area contributed by atoms with E-state index < -0.39 is 10.0 Å². The fourth-order valence-electron chi connectivity index (χ4n) is 1.68. The largest absolute Gasteiger partial charge is 0.384 e. The van der Waals surface area contributed by atoms with Crippen molar-refractivity contribution in [1.29, 1.82) is 0 Å². The number of methoxy groups -OCH3 is 1. The first-order valence-electron chi connectivity index (χ1n) is 6.16. The summed E-state index contributed by atoms with van der Waals surface area (Å²) in [5, 5.41) is 6.77. The van der Waals surface area contributed by atoms with Gasteiger partial charge >= 0.3 is 0 Å². The maximum absolute atomic E-state index is 11.6. The van der Waals surface area contributed by atoms with E-state index >= 15 is 0 Å². The Hall–Kier alpha value is -1.70. The zero-order chi connectivity index (χ0) is 14.4. The van der Waals surface area contributed by atoms with Crippen LogP contribution >= 0.6 is 0 Å². The number of aromatic nitrogens is 2. The Kier molecular flexibility index (Phi) is 4.89. The van der Waals surface area contributed by atoms with Gasteiger partial charge in [0.2, 0.25) is 10.0 Å². The van der Waals surface area contributed by atoms with Crippen molar-refractivity contribution in [2.45, 2.75) is 6.54 Å². The normalized spacial score (nSPS) is 11.7. The second-order valence-electron chi connectivity index (χ2n) is 4.30. The van der Waals surface area contributed by atoms with E-state index in [9.17, 15) is 8.42 Å². The summed E-state index contributed by atoms with van der Waals surface area (Å²) in [4.78, 5) is 0. The molecular weight excluding hydrogens is 278 g/mol. The molecule has 1 aromatic heterocycles. The van der Waals surface area contributed by atoms with Gasteiger partial charge in [-0.3, -0.25) is 5.10 Å². The fourth-order valence-corrected chi connectivity index (χ4v) is 2.59. The van der Waals surface area contributed by atoms with Crippen LogP contribution in [-0.4, -0.2) is 38.1 Å². The van der Waals surface area contributed by atoms with Crippen molar-refractivity contribution in [3.8, 4) is 11.3 Å². The quantitative estimate of drug-likeness (QED) is 0.802. The van der Waals surface area contributed by atoms with Crippen LogP contribution in [0.5, 0.6) is 0 Å². The molecule has 0 bridgehead atoms. The Morgan fingerprint density at radius 3 is 2.60 bits per heavy atom. The van der Waals surface area contributed by atoms with Crippen LogP contribution in [0.1, 0.15) is 5.56 Å². The molecule has 6 nitrogen and oxygen atoms in total. The van der Waals surface area contributed by atoms with E-state index in [1.807, 2.05) is 30.3 Å².